The maximum Gasteiger partial charge on any atom is 0.0840 e. The van der Waals surface area contributed by atoms with Gasteiger partial charge in [0.05, 0.1) is 6.17 Å². The molecule has 0 spiro atoms. The van der Waals surface area contributed by atoms with Crippen molar-refractivity contribution in [1.29, 1.82) is 0 Å². The number of rotatable bonds is 4. The molecule has 4 aromatic carbocycles. The van der Waals surface area contributed by atoms with E-state index in [2.05, 4.69) is 120 Å². The Balaban J connectivity index is 1.54. The van der Waals surface area contributed by atoms with Gasteiger partial charge in [-0.05, 0) is 64.5 Å². The molecule has 0 saturated carbocycles. The van der Waals surface area contributed by atoms with E-state index in [4.69, 9.17) is 0 Å². The van der Waals surface area contributed by atoms with Crippen LogP contribution in [0, 0.1) is 0 Å². The molecule has 148 valence electrons. The zero-order valence-electron chi connectivity index (χ0n) is 17.0. The lowest BCUT2D eigenvalue weighted by Crippen LogP contribution is -2.43. The first kappa shape index (κ1) is 18.8. The molecule has 4 aromatic rings. The predicted octanol–water partition coefficient (Wildman–Crippen LogP) is 6.34. The lowest BCUT2D eigenvalue weighted by atomic mass is 9.91. The minimum Gasteiger partial charge on any atom is -0.298 e. The Morgan fingerprint density at radius 3 is 1.63 bits per heavy atom. The molecule has 1 aliphatic heterocycles. The molecule has 0 amide bonds. The van der Waals surface area contributed by atoms with Crippen LogP contribution in [0.5, 0.6) is 0 Å². The molecule has 0 aliphatic carbocycles. The molecule has 1 heterocycles. The molecule has 1 aliphatic rings. The summed E-state index contributed by atoms with van der Waals surface area (Å²) in [6, 6.07) is 39.3. The fourth-order valence-electron chi connectivity index (χ4n) is 4.29. The fourth-order valence-corrected chi connectivity index (χ4v) is 4.29. The van der Waals surface area contributed by atoms with Crippen LogP contribution in [-0.2, 0) is 0 Å². The van der Waals surface area contributed by atoms with Gasteiger partial charge in [-0.25, -0.2) is 0 Å². The number of hydrogen-bond acceptors (Lipinski definition) is 2. The Morgan fingerprint density at radius 1 is 0.533 bits per heavy atom. The maximum absolute atomic E-state index is 3.83. The topological polar surface area (TPSA) is 24.1 Å². The second-order valence-corrected chi connectivity index (χ2v) is 7.88. The van der Waals surface area contributed by atoms with Crippen molar-refractivity contribution in [3.05, 3.63) is 120 Å². The van der Waals surface area contributed by atoms with Gasteiger partial charge >= 0.3 is 0 Å². The van der Waals surface area contributed by atoms with Crippen LogP contribution in [0.3, 0.4) is 0 Å². The van der Waals surface area contributed by atoms with Crippen molar-refractivity contribution in [2.24, 2.45) is 0 Å². The first-order valence-electron chi connectivity index (χ1n) is 10.7. The third-order valence-corrected chi connectivity index (χ3v) is 5.85. The average Bonchev–Trinajstić information content (AvgIpc) is 2.85. The van der Waals surface area contributed by atoms with Gasteiger partial charge in [0.1, 0.15) is 0 Å². The van der Waals surface area contributed by atoms with Gasteiger partial charge in [-0.3, -0.25) is 10.6 Å². The zero-order chi connectivity index (χ0) is 20.2. The number of benzene rings is 4. The van der Waals surface area contributed by atoms with Crippen molar-refractivity contribution >= 4 is 0 Å². The Labute approximate surface area is 178 Å². The lowest BCUT2D eigenvalue weighted by molar-refractivity contribution is 0.308. The lowest BCUT2D eigenvalue weighted by Gasteiger charge is -2.33. The molecule has 2 nitrogen and oxygen atoms in total. The Kier molecular flexibility index (Phi) is 5.43. The fraction of sp³-hybridized carbons (Fsp3) is 0.143. The minimum atomic E-state index is 0.172. The van der Waals surface area contributed by atoms with E-state index in [1.807, 2.05) is 0 Å². The second kappa shape index (κ2) is 8.66. The maximum atomic E-state index is 3.83. The molecule has 0 aromatic heterocycles. The molecule has 0 bridgehead atoms. The third kappa shape index (κ3) is 4.06. The Morgan fingerprint density at radius 2 is 1.07 bits per heavy atom. The van der Waals surface area contributed by atoms with Gasteiger partial charge < -0.3 is 0 Å². The van der Waals surface area contributed by atoms with E-state index in [1.165, 1.54) is 33.4 Å². The Hall–Kier alpha value is -3.20. The quantitative estimate of drug-likeness (QED) is 0.425. The minimum absolute atomic E-state index is 0.172. The average molecular weight is 391 g/mol. The molecule has 2 N–H and O–H groups in total. The summed E-state index contributed by atoms with van der Waals surface area (Å²) in [5.41, 5.74) is 7.67. The number of hydrogen-bond donors (Lipinski definition) is 2. The van der Waals surface area contributed by atoms with Gasteiger partial charge in [-0.1, -0.05) is 91.0 Å². The highest BCUT2D eigenvalue weighted by molar-refractivity contribution is 5.74. The van der Waals surface area contributed by atoms with Gasteiger partial charge in [0.2, 0.25) is 0 Å². The second-order valence-electron chi connectivity index (χ2n) is 7.88. The molecular formula is C28H26N2. The van der Waals surface area contributed by atoms with E-state index >= 15 is 0 Å². The molecule has 30 heavy (non-hydrogen) atoms. The zero-order valence-corrected chi connectivity index (χ0v) is 17.0. The van der Waals surface area contributed by atoms with Gasteiger partial charge in [0.15, 0.2) is 0 Å². The van der Waals surface area contributed by atoms with Crippen LogP contribution in [-0.4, -0.2) is 6.54 Å². The molecule has 2 heteroatoms. The number of nitrogens with one attached hydrogen (secondary N) is 2. The molecule has 2 unspecified atom stereocenters. The summed E-state index contributed by atoms with van der Waals surface area (Å²) < 4.78 is 0. The molecule has 5 rings (SSSR count). The van der Waals surface area contributed by atoms with Crippen molar-refractivity contribution < 1.29 is 0 Å². The largest absolute Gasteiger partial charge is 0.298 e. The van der Waals surface area contributed by atoms with Gasteiger partial charge in [0, 0.05) is 6.04 Å². The van der Waals surface area contributed by atoms with Crippen LogP contribution in [0.4, 0.5) is 0 Å². The van der Waals surface area contributed by atoms with Crippen LogP contribution in [0.1, 0.15) is 29.8 Å². The first-order valence-corrected chi connectivity index (χ1v) is 10.7. The van der Waals surface area contributed by atoms with Crippen molar-refractivity contribution in [2.45, 2.75) is 18.6 Å². The van der Waals surface area contributed by atoms with Crippen molar-refractivity contribution in [3.63, 3.8) is 0 Å². The third-order valence-electron chi connectivity index (χ3n) is 5.85. The highest BCUT2D eigenvalue weighted by atomic mass is 15.2. The molecule has 0 radical (unpaired) electrons. The van der Waals surface area contributed by atoms with E-state index < -0.39 is 0 Å². The van der Waals surface area contributed by atoms with Crippen LogP contribution < -0.4 is 10.6 Å². The van der Waals surface area contributed by atoms with Crippen LogP contribution in [0.15, 0.2) is 109 Å². The van der Waals surface area contributed by atoms with Crippen LogP contribution in [0.25, 0.3) is 22.3 Å². The van der Waals surface area contributed by atoms with E-state index in [1.54, 1.807) is 0 Å². The van der Waals surface area contributed by atoms with E-state index in [-0.39, 0.29) is 6.17 Å². The summed E-state index contributed by atoms with van der Waals surface area (Å²) in [7, 11) is 0. The van der Waals surface area contributed by atoms with Gasteiger partial charge in [-0.15, -0.1) is 0 Å². The summed E-state index contributed by atoms with van der Waals surface area (Å²) in [6.07, 6.45) is 1.24. The predicted molar refractivity (Wildman–Crippen MR) is 125 cm³/mol. The summed E-state index contributed by atoms with van der Waals surface area (Å²) in [4.78, 5) is 0. The smallest absolute Gasteiger partial charge is 0.0840 e. The van der Waals surface area contributed by atoms with Crippen molar-refractivity contribution in [3.8, 4) is 22.3 Å². The molecular weight excluding hydrogens is 364 g/mol. The van der Waals surface area contributed by atoms with Crippen molar-refractivity contribution in [2.75, 3.05) is 6.54 Å². The van der Waals surface area contributed by atoms with E-state index in [9.17, 15) is 0 Å². The highest BCUT2D eigenvalue weighted by Gasteiger charge is 2.23. The van der Waals surface area contributed by atoms with Crippen LogP contribution >= 0.6 is 0 Å². The normalized spacial score (nSPS) is 18.8. The summed E-state index contributed by atoms with van der Waals surface area (Å²) >= 11 is 0. The Bertz CT molecular complexity index is 1030. The molecule has 1 saturated heterocycles. The molecule has 2 atom stereocenters. The van der Waals surface area contributed by atoms with Gasteiger partial charge in [-0.2, -0.15) is 0 Å². The van der Waals surface area contributed by atoms with Gasteiger partial charge in [0.25, 0.3) is 0 Å². The standard InChI is InChI=1S/C28H26N2/c1-4-10-21(11-5-1)24-18-25(22-12-6-2-7-13-22)20-26(19-24)27-16-17-29-28(30-27)23-14-8-3-9-15-23/h1-15,18-20,27-30H,16-17H2. The van der Waals surface area contributed by atoms with E-state index in [0.29, 0.717) is 6.04 Å². The monoisotopic (exact) mass is 390 g/mol. The molecule has 1 fully saturated rings. The summed E-state index contributed by atoms with van der Waals surface area (Å²) in [6.45, 7) is 0.994. The SMILES string of the molecule is c1ccc(-c2cc(-c3ccccc3)cc(C3CCNC(c4ccccc4)N3)c2)cc1. The van der Waals surface area contributed by atoms with E-state index in [0.717, 1.165) is 13.0 Å². The first-order chi connectivity index (χ1) is 14.9. The highest BCUT2D eigenvalue weighted by Crippen LogP contribution is 2.33. The van der Waals surface area contributed by atoms with Crippen LogP contribution in [0.2, 0.25) is 0 Å². The summed E-state index contributed by atoms with van der Waals surface area (Å²) in [5.74, 6) is 0. The van der Waals surface area contributed by atoms with Crippen molar-refractivity contribution in [1.82, 2.24) is 10.6 Å². The summed E-state index contributed by atoms with van der Waals surface area (Å²) in [5, 5.41) is 7.45.